The largest absolute Gasteiger partial charge is 0.383 e. The van der Waals surface area contributed by atoms with Crippen molar-refractivity contribution in [3.05, 3.63) is 83.6 Å². The van der Waals surface area contributed by atoms with E-state index in [-0.39, 0.29) is 35.0 Å². The van der Waals surface area contributed by atoms with Crippen molar-refractivity contribution in [2.24, 2.45) is 0 Å². The fourth-order valence-electron chi connectivity index (χ4n) is 5.55. The number of ketones is 1. The predicted molar refractivity (Wildman–Crippen MR) is 147 cm³/mol. The number of H-pyrrole nitrogens is 1. The maximum absolute atomic E-state index is 14.3. The number of pyridine rings is 1. The number of anilines is 1. The number of carbonyl (C=O) groups excluding carboxylic acids is 2. The van der Waals surface area contributed by atoms with Crippen LogP contribution in [-0.4, -0.2) is 59.0 Å². The van der Waals surface area contributed by atoms with Gasteiger partial charge in [-0.1, -0.05) is 6.07 Å². The second-order valence-electron chi connectivity index (χ2n) is 10.2. The van der Waals surface area contributed by atoms with Gasteiger partial charge in [-0.3, -0.25) is 19.7 Å². The number of nitrogens with one attached hydrogen (secondary N) is 1. The van der Waals surface area contributed by atoms with E-state index in [2.05, 4.69) is 20.3 Å². The number of hydrogen-bond acceptors (Lipinski definition) is 7. The molecule has 3 N–H and O–H groups in total. The van der Waals surface area contributed by atoms with Crippen LogP contribution >= 0.6 is 0 Å². The Kier molecular flexibility index (Phi) is 6.52. The van der Waals surface area contributed by atoms with Crippen molar-refractivity contribution in [3.8, 4) is 22.4 Å². The van der Waals surface area contributed by atoms with Crippen LogP contribution in [-0.2, 0) is 0 Å². The van der Waals surface area contributed by atoms with Gasteiger partial charge in [-0.05, 0) is 51.0 Å². The standard InChI is InChI=1S/C29H26F2N8O2/c1-15-11-17(8-10-38(15)29(41)24-7-9-34-37-24)26-25(16(2)40)27(32)39-28(36-26)21(14-35-39)18-3-6-23(33-13-18)20-5-4-19(30)12-22(20)31/h3-7,9,12-15,17H,8,10-11,32H2,1-2H3,(H,34,37)/t15-,17+/m0/s1. The Labute approximate surface area is 233 Å². The van der Waals surface area contributed by atoms with Crippen LogP contribution in [0.4, 0.5) is 14.6 Å². The molecule has 1 saturated heterocycles. The molecule has 5 heterocycles. The van der Waals surface area contributed by atoms with E-state index >= 15 is 0 Å². The molecule has 41 heavy (non-hydrogen) atoms. The average Bonchev–Trinajstić information content (AvgIpc) is 3.63. The highest BCUT2D eigenvalue weighted by molar-refractivity contribution is 6.00. The minimum atomic E-state index is -0.705. The number of fused-ring (bicyclic) bond motifs is 1. The van der Waals surface area contributed by atoms with Crippen LogP contribution in [0.1, 0.15) is 59.1 Å². The normalized spacial score (nSPS) is 17.2. The van der Waals surface area contributed by atoms with E-state index in [9.17, 15) is 18.4 Å². The van der Waals surface area contributed by atoms with Crippen molar-refractivity contribution in [2.75, 3.05) is 12.3 Å². The Bertz CT molecular complexity index is 1780. The third kappa shape index (κ3) is 4.60. The number of piperidine rings is 1. The molecule has 0 aliphatic carbocycles. The van der Waals surface area contributed by atoms with Crippen molar-refractivity contribution in [1.29, 1.82) is 0 Å². The van der Waals surface area contributed by atoms with Crippen molar-refractivity contribution in [1.82, 2.24) is 34.7 Å². The second-order valence-corrected chi connectivity index (χ2v) is 10.2. The Balaban J connectivity index is 1.35. The molecule has 208 valence electrons. The van der Waals surface area contributed by atoms with Crippen LogP contribution in [0.3, 0.4) is 0 Å². The molecule has 0 bridgehead atoms. The summed E-state index contributed by atoms with van der Waals surface area (Å²) in [6.07, 6.45) is 5.88. The van der Waals surface area contributed by atoms with Crippen LogP contribution in [0.5, 0.6) is 0 Å². The quantitative estimate of drug-likeness (QED) is 0.301. The number of nitrogens with two attached hydrogens (primary N) is 1. The number of likely N-dealkylation sites (tertiary alicyclic amines) is 1. The maximum atomic E-state index is 14.3. The summed E-state index contributed by atoms with van der Waals surface area (Å²) in [5.41, 5.74) is 10.1. The first-order valence-electron chi connectivity index (χ1n) is 13.1. The van der Waals surface area contributed by atoms with E-state index < -0.39 is 11.6 Å². The molecular weight excluding hydrogens is 530 g/mol. The van der Waals surface area contributed by atoms with E-state index in [1.165, 1.54) is 23.6 Å². The van der Waals surface area contributed by atoms with Gasteiger partial charge in [0.15, 0.2) is 11.4 Å². The molecule has 6 rings (SSSR count). The van der Waals surface area contributed by atoms with Crippen molar-refractivity contribution >= 4 is 23.2 Å². The molecule has 1 amide bonds. The Hall–Kier alpha value is -5.00. The zero-order chi connectivity index (χ0) is 28.8. The van der Waals surface area contributed by atoms with E-state index in [4.69, 9.17) is 10.7 Å². The number of rotatable bonds is 5. The van der Waals surface area contributed by atoms with Gasteiger partial charge in [0, 0.05) is 53.7 Å². The van der Waals surface area contributed by atoms with E-state index in [0.29, 0.717) is 58.8 Å². The summed E-state index contributed by atoms with van der Waals surface area (Å²) < 4.78 is 29.1. The average molecular weight is 557 g/mol. The highest BCUT2D eigenvalue weighted by atomic mass is 19.1. The van der Waals surface area contributed by atoms with Crippen LogP contribution in [0.15, 0.2) is 55.0 Å². The molecule has 2 atom stereocenters. The van der Waals surface area contributed by atoms with Crippen LogP contribution in [0, 0.1) is 11.6 Å². The number of nitrogen functional groups attached to an aromatic ring is 1. The number of hydrogen-bond donors (Lipinski definition) is 2. The molecule has 0 radical (unpaired) electrons. The minimum absolute atomic E-state index is 0.114. The van der Waals surface area contributed by atoms with Gasteiger partial charge in [0.2, 0.25) is 0 Å². The van der Waals surface area contributed by atoms with E-state index in [0.717, 1.165) is 6.07 Å². The molecule has 0 spiro atoms. The third-order valence-electron chi connectivity index (χ3n) is 7.60. The van der Waals surface area contributed by atoms with Gasteiger partial charge in [0.1, 0.15) is 23.1 Å². The second kappa shape index (κ2) is 10.2. The molecular formula is C29H26F2N8O2. The molecule has 0 unspecified atom stereocenters. The molecule has 1 aliphatic rings. The third-order valence-corrected chi connectivity index (χ3v) is 7.60. The van der Waals surface area contributed by atoms with Gasteiger partial charge in [0.05, 0.1) is 23.1 Å². The monoisotopic (exact) mass is 556 g/mol. The lowest BCUT2D eigenvalue weighted by Gasteiger charge is -2.37. The fraction of sp³-hybridized carbons (Fsp3) is 0.241. The SMILES string of the molecule is CC(=O)c1c([C@@H]2CCN(C(=O)c3ccn[nH]3)[C@@H](C)C2)nc2c(-c3ccc(-c4ccc(F)cc4F)nc3)cnn2c1N. The zero-order valence-corrected chi connectivity index (χ0v) is 22.3. The van der Waals surface area contributed by atoms with Gasteiger partial charge in [0.25, 0.3) is 5.91 Å². The van der Waals surface area contributed by atoms with Crippen LogP contribution < -0.4 is 5.73 Å². The Morgan fingerprint density at radius 1 is 1.10 bits per heavy atom. The number of nitrogens with zero attached hydrogens (tertiary/aromatic N) is 6. The molecule has 1 aliphatic heterocycles. The molecule has 1 aromatic carbocycles. The summed E-state index contributed by atoms with van der Waals surface area (Å²) in [6, 6.07) is 8.25. The van der Waals surface area contributed by atoms with Crippen molar-refractivity contribution < 1.29 is 18.4 Å². The van der Waals surface area contributed by atoms with E-state index in [1.807, 2.05) is 6.92 Å². The Morgan fingerprint density at radius 3 is 2.59 bits per heavy atom. The first kappa shape index (κ1) is 26.2. The van der Waals surface area contributed by atoms with Gasteiger partial charge >= 0.3 is 0 Å². The molecule has 0 saturated carbocycles. The van der Waals surface area contributed by atoms with Gasteiger partial charge in [-0.2, -0.15) is 14.7 Å². The first-order chi connectivity index (χ1) is 19.7. The summed E-state index contributed by atoms with van der Waals surface area (Å²) >= 11 is 0. The minimum Gasteiger partial charge on any atom is -0.383 e. The lowest BCUT2D eigenvalue weighted by molar-refractivity contribution is 0.0607. The fourth-order valence-corrected chi connectivity index (χ4v) is 5.55. The first-order valence-corrected chi connectivity index (χ1v) is 13.1. The summed E-state index contributed by atoms with van der Waals surface area (Å²) in [6.45, 7) is 3.90. The summed E-state index contributed by atoms with van der Waals surface area (Å²) in [4.78, 5) is 36.8. The number of aromatic amines is 1. The van der Waals surface area contributed by atoms with Crippen molar-refractivity contribution in [3.63, 3.8) is 0 Å². The summed E-state index contributed by atoms with van der Waals surface area (Å²) in [7, 11) is 0. The molecule has 1 fully saturated rings. The van der Waals surface area contributed by atoms with Crippen LogP contribution in [0.2, 0.25) is 0 Å². The highest BCUT2D eigenvalue weighted by Crippen LogP contribution is 2.37. The number of halogens is 2. The smallest absolute Gasteiger partial charge is 0.272 e. The van der Waals surface area contributed by atoms with E-state index in [1.54, 1.807) is 41.7 Å². The summed E-state index contributed by atoms with van der Waals surface area (Å²) in [5, 5.41) is 11.0. The topological polar surface area (TPSA) is 135 Å². The van der Waals surface area contributed by atoms with Gasteiger partial charge in [-0.15, -0.1) is 0 Å². The molecule has 12 heteroatoms. The lowest BCUT2D eigenvalue weighted by atomic mass is 9.86. The molecule has 4 aromatic heterocycles. The lowest BCUT2D eigenvalue weighted by Crippen LogP contribution is -2.44. The number of benzene rings is 1. The zero-order valence-electron chi connectivity index (χ0n) is 22.3. The number of amides is 1. The van der Waals surface area contributed by atoms with Crippen molar-refractivity contribution in [2.45, 2.75) is 38.6 Å². The highest BCUT2D eigenvalue weighted by Gasteiger charge is 2.34. The summed E-state index contributed by atoms with van der Waals surface area (Å²) in [5.74, 6) is -1.65. The molecule has 10 nitrogen and oxygen atoms in total. The Morgan fingerprint density at radius 2 is 1.93 bits per heavy atom. The number of aromatic nitrogens is 6. The number of carbonyl (C=O) groups is 2. The predicted octanol–water partition coefficient (Wildman–Crippen LogP) is 4.65. The van der Waals surface area contributed by atoms with Gasteiger partial charge < -0.3 is 10.6 Å². The number of Topliss-reactive ketones (excluding diaryl/α,β-unsaturated/α-hetero) is 1. The van der Waals surface area contributed by atoms with Crippen LogP contribution in [0.25, 0.3) is 28.0 Å². The maximum Gasteiger partial charge on any atom is 0.272 e. The molecule has 5 aromatic rings. The van der Waals surface area contributed by atoms with Gasteiger partial charge in [-0.25, -0.2) is 13.8 Å².